The second-order valence-electron chi connectivity index (χ2n) is 6.53. The minimum atomic E-state index is -1.26. The van der Waals surface area contributed by atoms with E-state index in [2.05, 4.69) is 49.6 Å². The molecule has 9 heteroatoms. The third kappa shape index (κ3) is 5.37. The number of aromatic nitrogens is 2. The summed E-state index contributed by atoms with van der Waals surface area (Å²) < 4.78 is 0. The molecule has 0 atom stereocenters. The summed E-state index contributed by atoms with van der Waals surface area (Å²) in [5, 5.41) is 26.6. The lowest BCUT2D eigenvalue weighted by Crippen LogP contribution is -2.38. The molecule has 5 rings (SSSR count). The van der Waals surface area contributed by atoms with Crippen LogP contribution in [0.15, 0.2) is 41.8 Å². The van der Waals surface area contributed by atoms with Crippen molar-refractivity contribution in [1.82, 2.24) is 15.1 Å². The molecule has 0 aliphatic carbocycles. The van der Waals surface area contributed by atoms with Gasteiger partial charge >= 0.3 is 11.9 Å². The number of aliphatic carboxylic acids is 2. The van der Waals surface area contributed by atoms with Gasteiger partial charge in [0.2, 0.25) is 0 Å². The smallest absolute Gasteiger partial charge is 0.328 e. The summed E-state index contributed by atoms with van der Waals surface area (Å²) in [5.41, 5.74) is 0.978. The van der Waals surface area contributed by atoms with Gasteiger partial charge in [0.1, 0.15) is 5.69 Å². The monoisotopic (exact) mass is 402 g/mol. The molecule has 5 heterocycles. The molecular formula is C19H22N4O4S. The predicted octanol–water partition coefficient (Wildman–Crippen LogP) is 2.20. The molecule has 0 unspecified atom stereocenters. The summed E-state index contributed by atoms with van der Waals surface area (Å²) in [6.07, 6.45) is 3.63. The standard InChI is InChI=1S/C15H18N4S.C4H4O4/c1-2-14(20-11-1)13-3-4-15(17-16-13)19-10-9-18-7-5-12(19)6-8-18;5-3(6)1-2-4(7)8/h1-4,11-12H,5-10H2;1-2H,(H,5,6)(H,7,8)/b;2-1+. The Morgan fingerprint density at radius 2 is 1.71 bits per heavy atom. The SMILES string of the molecule is O=C(O)/C=C/C(=O)O.c1csc(-c2ccc(N3CCN4CCC3CC4)nn2)c1. The maximum absolute atomic E-state index is 9.55. The van der Waals surface area contributed by atoms with Crippen molar-refractivity contribution in [2.75, 3.05) is 31.1 Å². The largest absolute Gasteiger partial charge is 0.478 e. The lowest BCUT2D eigenvalue weighted by molar-refractivity contribution is -0.134. The fourth-order valence-corrected chi connectivity index (χ4v) is 4.06. The lowest BCUT2D eigenvalue weighted by Gasteiger charge is -2.31. The molecule has 3 aliphatic heterocycles. The highest BCUT2D eigenvalue weighted by Crippen LogP contribution is 2.27. The molecule has 28 heavy (non-hydrogen) atoms. The van der Waals surface area contributed by atoms with Crippen LogP contribution in [0.25, 0.3) is 10.6 Å². The molecule has 0 radical (unpaired) electrons. The van der Waals surface area contributed by atoms with Crippen LogP contribution in [0.4, 0.5) is 5.82 Å². The molecule has 8 nitrogen and oxygen atoms in total. The van der Waals surface area contributed by atoms with Gasteiger partial charge in [-0.25, -0.2) is 9.59 Å². The highest BCUT2D eigenvalue weighted by Gasteiger charge is 2.29. The zero-order valence-corrected chi connectivity index (χ0v) is 16.1. The second kappa shape index (κ2) is 9.43. The van der Waals surface area contributed by atoms with Gasteiger partial charge in [0.05, 0.1) is 4.88 Å². The summed E-state index contributed by atoms with van der Waals surface area (Å²) in [6.45, 7) is 4.71. The van der Waals surface area contributed by atoms with Gasteiger partial charge in [0.15, 0.2) is 5.82 Å². The predicted molar refractivity (Wildman–Crippen MR) is 107 cm³/mol. The number of carboxylic acid groups (broad SMARTS) is 2. The van der Waals surface area contributed by atoms with Crippen LogP contribution in [-0.4, -0.2) is 69.5 Å². The number of hydrogen-bond acceptors (Lipinski definition) is 7. The summed E-state index contributed by atoms with van der Waals surface area (Å²) >= 11 is 1.71. The molecule has 148 valence electrons. The van der Waals surface area contributed by atoms with E-state index in [0.717, 1.165) is 24.6 Å². The minimum absolute atomic E-state index is 0.558. The van der Waals surface area contributed by atoms with Gasteiger partial charge in [-0.3, -0.25) is 0 Å². The van der Waals surface area contributed by atoms with E-state index in [1.807, 2.05) is 0 Å². The van der Waals surface area contributed by atoms with Crippen molar-refractivity contribution in [3.05, 3.63) is 41.8 Å². The highest BCUT2D eigenvalue weighted by atomic mass is 32.1. The van der Waals surface area contributed by atoms with Gasteiger partial charge < -0.3 is 20.0 Å². The van der Waals surface area contributed by atoms with E-state index in [1.165, 1.54) is 30.8 Å². The van der Waals surface area contributed by atoms with E-state index in [4.69, 9.17) is 10.2 Å². The lowest BCUT2D eigenvalue weighted by atomic mass is 10.1. The molecule has 2 aromatic heterocycles. The maximum atomic E-state index is 9.55. The zero-order chi connectivity index (χ0) is 19.9. The first kappa shape index (κ1) is 20.0. The Hall–Kier alpha value is -2.78. The van der Waals surface area contributed by atoms with Crippen molar-refractivity contribution in [3.8, 4) is 10.6 Å². The van der Waals surface area contributed by atoms with Gasteiger partial charge in [-0.1, -0.05) is 6.07 Å². The van der Waals surface area contributed by atoms with Crippen LogP contribution in [0, 0.1) is 0 Å². The quantitative estimate of drug-likeness (QED) is 0.750. The second-order valence-corrected chi connectivity index (χ2v) is 7.48. The maximum Gasteiger partial charge on any atom is 0.328 e. The molecule has 0 aromatic carbocycles. The van der Waals surface area contributed by atoms with E-state index < -0.39 is 11.9 Å². The number of thiophene rings is 1. The molecule has 0 spiro atoms. The number of nitrogens with zero attached hydrogens (tertiary/aromatic N) is 4. The van der Waals surface area contributed by atoms with Gasteiger partial charge in [-0.2, -0.15) is 0 Å². The Labute approximate surface area is 166 Å². The Bertz CT molecular complexity index is 799. The molecule has 3 aliphatic rings. The van der Waals surface area contributed by atoms with E-state index >= 15 is 0 Å². The Kier molecular flexibility index (Phi) is 6.72. The Morgan fingerprint density at radius 3 is 2.25 bits per heavy atom. The molecular weight excluding hydrogens is 380 g/mol. The van der Waals surface area contributed by atoms with Crippen molar-refractivity contribution in [1.29, 1.82) is 0 Å². The number of piperidine rings is 1. The highest BCUT2D eigenvalue weighted by molar-refractivity contribution is 7.13. The Balaban J connectivity index is 0.000000242. The molecule has 2 aromatic rings. The van der Waals surface area contributed by atoms with E-state index in [9.17, 15) is 9.59 Å². The average Bonchev–Trinajstić information content (AvgIpc) is 3.07. The van der Waals surface area contributed by atoms with Gasteiger partial charge in [0.25, 0.3) is 0 Å². The van der Waals surface area contributed by atoms with Crippen molar-refractivity contribution in [3.63, 3.8) is 0 Å². The van der Waals surface area contributed by atoms with Crippen LogP contribution in [0.3, 0.4) is 0 Å². The fourth-order valence-electron chi connectivity index (χ4n) is 3.36. The van der Waals surface area contributed by atoms with Crippen LogP contribution >= 0.6 is 11.3 Å². The van der Waals surface area contributed by atoms with Crippen LogP contribution in [0.1, 0.15) is 12.8 Å². The molecule has 2 bridgehead atoms. The number of fused-ring (bicyclic) bond motifs is 4. The van der Waals surface area contributed by atoms with Crippen molar-refractivity contribution < 1.29 is 19.8 Å². The minimum Gasteiger partial charge on any atom is -0.478 e. The fraction of sp³-hybridized carbons (Fsp3) is 0.368. The molecule has 3 saturated heterocycles. The Morgan fingerprint density at radius 1 is 1.00 bits per heavy atom. The van der Waals surface area contributed by atoms with Crippen LogP contribution < -0.4 is 4.90 Å². The van der Waals surface area contributed by atoms with Crippen LogP contribution in [0.2, 0.25) is 0 Å². The average molecular weight is 402 g/mol. The van der Waals surface area contributed by atoms with Crippen molar-refractivity contribution in [2.24, 2.45) is 0 Å². The molecule has 2 N–H and O–H groups in total. The van der Waals surface area contributed by atoms with E-state index in [0.29, 0.717) is 18.2 Å². The first-order valence-electron chi connectivity index (χ1n) is 9.03. The first-order valence-corrected chi connectivity index (χ1v) is 9.91. The third-order valence-electron chi connectivity index (χ3n) is 4.74. The van der Waals surface area contributed by atoms with Gasteiger partial charge in [0, 0.05) is 44.4 Å². The summed E-state index contributed by atoms with van der Waals surface area (Å²) in [4.78, 5) is 25.3. The van der Waals surface area contributed by atoms with Crippen LogP contribution in [0.5, 0.6) is 0 Å². The van der Waals surface area contributed by atoms with E-state index in [1.54, 1.807) is 11.3 Å². The summed E-state index contributed by atoms with van der Waals surface area (Å²) in [6, 6.07) is 9.03. The normalized spacial score (nSPS) is 21.1. The summed E-state index contributed by atoms with van der Waals surface area (Å²) in [5.74, 6) is -1.47. The first-order chi connectivity index (χ1) is 13.5. The number of anilines is 1. The molecule has 3 fully saturated rings. The molecule has 0 amide bonds. The number of hydrogen-bond donors (Lipinski definition) is 2. The summed E-state index contributed by atoms with van der Waals surface area (Å²) in [7, 11) is 0. The van der Waals surface area contributed by atoms with Gasteiger partial charge in [-0.05, 0) is 36.4 Å². The zero-order valence-electron chi connectivity index (χ0n) is 15.3. The topological polar surface area (TPSA) is 107 Å². The van der Waals surface area contributed by atoms with Gasteiger partial charge in [-0.15, -0.1) is 21.5 Å². The van der Waals surface area contributed by atoms with E-state index in [-0.39, 0.29) is 0 Å². The van der Waals surface area contributed by atoms with Crippen molar-refractivity contribution in [2.45, 2.75) is 18.9 Å². The number of rotatable bonds is 4. The molecule has 0 saturated carbocycles. The third-order valence-corrected chi connectivity index (χ3v) is 5.63. The van der Waals surface area contributed by atoms with Crippen molar-refractivity contribution >= 4 is 29.1 Å². The number of carboxylic acids is 2. The number of carbonyl (C=O) groups is 2. The van der Waals surface area contributed by atoms with Crippen LogP contribution in [-0.2, 0) is 9.59 Å².